The molecule has 0 heterocycles. The van der Waals surface area contributed by atoms with Crippen LogP contribution in [0.2, 0.25) is 5.02 Å². The van der Waals surface area contributed by atoms with Gasteiger partial charge in [-0.1, -0.05) is 41.9 Å². The largest absolute Gasteiger partial charge is 0.482 e. The second-order valence-corrected chi connectivity index (χ2v) is 9.25. The molecule has 3 rings (SSSR count). The van der Waals surface area contributed by atoms with Crippen molar-refractivity contribution >= 4 is 39.1 Å². The first kappa shape index (κ1) is 24.2. The predicted molar refractivity (Wildman–Crippen MR) is 126 cm³/mol. The number of ether oxygens (including phenoxy) is 1. The monoisotopic (exact) mass is 487 g/mol. The summed E-state index contributed by atoms with van der Waals surface area (Å²) < 4.78 is 33.4. The van der Waals surface area contributed by atoms with Crippen LogP contribution in [0.1, 0.15) is 28.9 Å². The first-order valence-electron chi connectivity index (χ1n) is 9.85. The molecule has 0 spiro atoms. The van der Waals surface area contributed by atoms with Crippen molar-refractivity contribution < 1.29 is 22.7 Å². The van der Waals surface area contributed by atoms with Crippen molar-refractivity contribution in [1.29, 1.82) is 0 Å². The Balaban J connectivity index is 1.60. The molecule has 0 aromatic heterocycles. The molecular formula is C23H22ClN3O5S. The second-order valence-electron chi connectivity index (χ2n) is 7.12. The summed E-state index contributed by atoms with van der Waals surface area (Å²) in [6, 6.07) is 18.8. The van der Waals surface area contributed by atoms with E-state index < -0.39 is 27.9 Å². The van der Waals surface area contributed by atoms with E-state index in [2.05, 4.69) is 10.0 Å². The zero-order chi connectivity index (χ0) is 24.0. The molecule has 3 aromatic rings. The van der Waals surface area contributed by atoms with Crippen LogP contribution in [-0.4, -0.2) is 26.8 Å². The van der Waals surface area contributed by atoms with Gasteiger partial charge in [0.1, 0.15) is 5.75 Å². The van der Waals surface area contributed by atoms with Gasteiger partial charge in [-0.2, -0.15) is 0 Å². The average Bonchev–Trinajstić information content (AvgIpc) is 2.79. The van der Waals surface area contributed by atoms with Crippen molar-refractivity contribution in [3.05, 3.63) is 88.9 Å². The lowest BCUT2D eigenvalue weighted by molar-refractivity contribution is -0.118. The van der Waals surface area contributed by atoms with Crippen LogP contribution < -0.4 is 20.5 Å². The number of hydrogen-bond donors (Lipinski definition) is 3. The molecule has 0 radical (unpaired) electrons. The molecule has 0 saturated carbocycles. The van der Waals surface area contributed by atoms with E-state index in [1.54, 1.807) is 6.92 Å². The third-order valence-corrected chi connectivity index (χ3v) is 6.49. The molecule has 10 heteroatoms. The Morgan fingerprint density at radius 2 is 1.70 bits per heavy atom. The molecule has 1 atom stereocenters. The molecule has 33 heavy (non-hydrogen) atoms. The van der Waals surface area contributed by atoms with Crippen LogP contribution >= 0.6 is 11.6 Å². The summed E-state index contributed by atoms with van der Waals surface area (Å²) >= 11 is 6.19. The van der Waals surface area contributed by atoms with Crippen LogP contribution in [0.25, 0.3) is 0 Å². The topological polar surface area (TPSA) is 128 Å². The van der Waals surface area contributed by atoms with Gasteiger partial charge >= 0.3 is 0 Å². The number of halogens is 1. The minimum Gasteiger partial charge on any atom is -0.482 e. The molecule has 8 nitrogen and oxygen atoms in total. The van der Waals surface area contributed by atoms with Crippen molar-refractivity contribution in [2.75, 3.05) is 11.9 Å². The zero-order valence-electron chi connectivity index (χ0n) is 17.6. The van der Waals surface area contributed by atoms with Gasteiger partial charge in [0.05, 0.1) is 9.92 Å². The van der Waals surface area contributed by atoms with Crippen LogP contribution in [-0.2, 0) is 14.8 Å². The van der Waals surface area contributed by atoms with Gasteiger partial charge in [-0.05, 0) is 55.0 Å². The molecule has 0 bridgehead atoms. The fourth-order valence-electron chi connectivity index (χ4n) is 2.93. The van der Waals surface area contributed by atoms with Crippen LogP contribution in [0.3, 0.4) is 0 Å². The standard InChI is InChI=1S/C23H22ClN3O5S/c1-15(16-5-3-2-4-6-16)27-33(30,31)19-11-12-21(20(24)13-19)32-14-22(28)26-18-9-7-17(8-10-18)23(25)29/h2-13,15,27H,14H2,1H3,(H2,25,29)(H,26,28)/t15-/m1/s1. The maximum atomic E-state index is 12.7. The number of carbonyl (C=O) groups excluding carboxylic acids is 2. The fourth-order valence-corrected chi connectivity index (χ4v) is 4.49. The number of primary amides is 1. The van der Waals surface area contributed by atoms with E-state index in [-0.39, 0.29) is 22.3 Å². The molecule has 0 unspecified atom stereocenters. The lowest BCUT2D eigenvalue weighted by Gasteiger charge is -2.15. The highest BCUT2D eigenvalue weighted by Gasteiger charge is 2.20. The number of amides is 2. The first-order chi connectivity index (χ1) is 15.7. The molecular weight excluding hydrogens is 466 g/mol. The molecule has 0 fully saturated rings. The van der Waals surface area contributed by atoms with E-state index in [9.17, 15) is 18.0 Å². The van der Waals surface area contributed by atoms with Crippen LogP contribution in [0.4, 0.5) is 5.69 Å². The average molecular weight is 488 g/mol. The number of carbonyl (C=O) groups is 2. The van der Waals surface area contributed by atoms with E-state index in [4.69, 9.17) is 22.1 Å². The smallest absolute Gasteiger partial charge is 0.262 e. The summed E-state index contributed by atoms with van der Waals surface area (Å²) in [5.41, 5.74) is 6.78. The minimum atomic E-state index is -3.83. The van der Waals surface area contributed by atoms with Crippen molar-refractivity contribution in [2.24, 2.45) is 5.73 Å². The van der Waals surface area contributed by atoms with Gasteiger partial charge in [-0.15, -0.1) is 0 Å². The molecule has 4 N–H and O–H groups in total. The number of sulfonamides is 1. The van der Waals surface area contributed by atoms with Gasteiger partial charge < -0.3 is 15.8 Å². The maximum Gasteiger partial charge on any atom is 0.262 e. The number of rotatable bonds is 9. The lowest BCUT2D eigenvalue weighted by Crippen LogP contribution is -2.27. The van der Waals surface area contributed by atoms with Gasteiger partial charge in [0.15, 0.2) is 6.61 Å². The van der Waals surface area contributed by atoms with Gasteiger partial charge in [0, 0.05) is 17.3 Å². The normalized spacial score (nSPS) is 12.1. The summed E-state index contributed by atoms with van der Waals surface area (Å²) in [5, 5.41) is 2.65. The number of anilines is 1. The van der Waals surface area contributed by atoms with Gasteiger partial charge in [0.25, 0.3) is 5.91 Å². The summed E-state index contributed by atoms with van der Waals surface area (Å²) in [4.78, 5) is 23.2. The molecule has 2 amide bonds. The summed E-state index contributed by atoms with van der Waals surface area (Å²) in [6.45, 7) is 1.39. The first-order valence-corrected chi connectivity index (χ1v) is 11.7. The Hall–Kier alpha value is -3.40. The van der Waals surface area contributed by atoms with Crippen molar-refractivity contribution in [3.8, 4) is 5.75 Å². The molecule has 0 aliphatic rings. The Labute approximate surface area is 196 Å². The van der Waals surface area contributed by atoms with E-state index in [1.807, 2.05) is 30.3 Å². The fraction of sp³-hybridized carbons (Fsp3) is 0.130. The van der Waals surface area contributed by atoms with Crippen LogP contribution in [0.15, 0.2) is 77.7 Å². The number of hydrogen-bond acceptors (Lipinski definition) is 5. The van der Waals surface area contributed by atoms with E-state index in [1.165, 1.54) is 42.5 Å². The molecule has 0 saturated heterocycles. The predicted octanol–water partition coefficient (Wildman–Crippen LogP) is 3.50. The van der Waals surface area contributed by atoms with E-state index in [0.29, 0.717) is 11.3 Å². The third-order valence-electron chi connectivity index (χ3n) is 4.66. The molecule has 0 aliphatic heterocycles. The van der Waals surface area contributed by atoms with Crippen molar-refractivity contribution in [3.63, 3.8) is 0 Å². The van der Waals surface area contributed by atoms with Gasteiger partial charge in [0.2, 0.25) is 15.9 Å². The SMILES string of the molecule is C[C@@H](NS(=O)(=O)c1ccc(OCC(=O)Nc2ccc(C(N)=O)cc2)c(Cl)c1)c1ccccc1. The highest BCUT2D eigenvalue weighted by atomic mass is 35.5. The highest BCUT2D eigenvalue weighted by Crippen LogP contribution is 2.28. The third kappa shape index (κ3) is 6.55. The Morgan fingerprint density at radius 3 is 2.30 bits per heavy atom. The number of nitrogens with two attached hydrogens (primary N) is 1. The van der Waals surface area contributed by atoms with Gasteiger partial charge in [-0.25, -0.2) is 13.1 Å². The second kappa shape index (κ2) is 10.5. The summed E-state index contributed by atoms with van der Waals surface area (Å²) in [7, 11) is -3.83. The number of benzene rings is 3. The number of nitrogens with one attached hydrogen (secondary N) is 2. The highest BCUT2D eigenvalue weighted by molar-refractivity contribution is 7.89. The lowest BCUT2D eigenvalue weighted by atomic mass is 10.1. The Kier molecular flexibility index (Phi) is 7.70. The maximum absolute atomic E-state index is 12.7. The summed E-state index contributed by atoms with van der Waals surface area (Å²) in [6.07, 6.45) is 0. The van der Waals surface area contributed by atoms with E-state index in [0.717, 1.165) is 5.56 Å². The summed E-state index contributed by atoms with van der Waals surface area (Å²) in [5.74, 6) is -0.875. The van der Waals surface area contributed by atoms with Crippen molar-refractivity contribution in [2.45, 2.75) is 17.9 Å². The van der Waals surface area contributed by atoms with Crippen LogP contribution in [0, 0.1) is 0 Å². The molecule has 172 valence electrons. The Morgan fingerprint density at radius 1 is 1.03 bits per heavy atom. The van der Waals surface area contributed by atoms with Crippen LogP contribution in [0.5, 0.6) is 5.75 Å². The van der Waals surface area contributed by atoms with Gasteiger partial charge in [-0.3, -0.25) is 9.59 Å². The van der Waals surface area contributed by atoms with E-state index >= 15 is 0 Å². The molecule has 0 aliphatic carbocycles. The Bertz CT molecular complexity index is 1250. The quantitative estimate of drug-likeness (QED) is 0.425. The van der Waals surface area contributed by atoms with Crippen molar-refractivity contribution in [1.82, 2.24) is 4.72 Å². The molecule has 3 aromatic carbocycles. The zero-order valence-corrected chi connectivity index (χ0v) is 19.2. The minimum absolute atomic E-state index is 0.0263.